The Kier molecular flexibility index (Phi) is 4.90. The molecule has 0 aromatic heterocycles. The molecular weight excluding hydrogens is 334 g/mol. The molecule has 2 aromatic rings. The average molecular weight is 353 g/mol. The Morgan fingerprint density at radius 2 is 1.70 bits per heavy atom. The lowest BCUT2D eigenvalue weighted by Gasteiger charge is -2.21. The lowest BCUT2D eigenvalue weighted by molar-refractivity contribution is 0.686. The van der Waals surface area contributed by atoms with E-state index in [9.17, 15) is 0 Å². The van der Waals surface area contributed by atoms with Crippen LogP contribution < -0.4 is 5.32 Å². The van der Waals surface area contributed by atoms with Crippen LogP contribution in [0.25, 0.3) is 0 Å². The Balaban J connectivity index is 2.52. The maximum atomic E-state index is 6.26. The van der Waals surface area contributed by atoms with Gasteiger partial charge in [0.05, 0.1) is 6.04 Å². The molecule has 0 amide bonds. The molecule has 1 unspecified atom stereocenters. The molecule has 0 spiro atoms. The highest BCUT2D eigenvalue weighted by Crippen LogP contribution is 2.31. The molecule has 1 N–H and O–H groups in total. The minimum Gasteiger partial charge on any atom is -0.309 e. The number of rotatable bonds is 3. The van der Waals surface area contributed by atoms with Crippen molar-refractivity contribution in [3.63, 3.8) is 0 Å². The van der Waals surface area contributed by atoms with Gasteiger partial charge in [-0.25, -0.2) is 0 Å². The molecule has 1 nitrogen and oxygen atoms in total. The number of aryl methyl sites for hydroxylation is 3. The summed E-state index contributed by atoms with van der Waals surface area (Å²) in [4.78, 5) is 0. The molecule has 1 atom stereocenters. The highest BCUT2D eigenvalue weighted by atomic mass is 79.9. The van der Waals surface area contributed by atoms with E-state index in [1.54, 1.807) is 0 Å². The Labute approximate surface area is 134 Å². The molecule has 20 heavy (non-hydrogen) atoms. The lowest BCUT2D eigenvalue weighted by Crippen LogP contribution is -2.19. The van der Waals surface area contributed by atoms with E-state index in [-0.39, 0.29) is 6.04 Å². The summed E-state index contributed by atoms with van der Waals surface area (Å²) in [6, 6.07) is 10.8. The fraction of sp³-hybridized carbons (Fsp3) is 0.294. The van der Waals surface area contributed by atoms with Crippen molar-refractivity contribution in [3.8, 4) is 0 Å². The fourth-order valence-electron chi connectivity index (χ4n) is 2.40. The number of nitrogens with one attached hydrogen (secondary N) is 1. The van der Waals surface area contributed by atoms with Crippen molar-refractivity contribution in [3.05, 3.63) is 67.6 Å². The van der Waals surface area contributed by atoms with Crippen molar-refractivity contribution >= 4 is 27.5 Å². The smallest absolute Gasteiger partial charge is 0.0577 e. The third-order valence-corrected chi connectivity index (χ3v) is 4.94. The largest absolute Gasteiger partial charge is 0.309 e. The van der Waals surface area contributed by atoms with Gasteiger partial charge in [-0.1, -0.05) is 45.7 Å². The van der Waals surface area contributed by atoms with Crippen LogP contribution in [-0.2, 0) is 0 Å². The van der Waals surface area contributed by atoms with Gasteiger partial charge in [0.1, 0.15) is 0 Å². The lowest BCUT2D eigenvalue weighted by atomic mass is 9.93. The predicted octanol–water partition coefficient (Wildman–Crippen LogP) is 5.34. The Bertz CT molecular complexity index is 637. The fourth-order valence-corrected chi connectivity index (χ4v) is 3.05. The van der Waals surface area contributed by atoms with Crippen LogP contribution in [0, 0.1) is 20.8 Å². The predicted molar refractivity (Wildman–Crippen MR) is 90.7 cm³/mol. The zero-order chi connectivity index (χ0) is 14.9. The maximum absolute atomic E-state index is 6.26. The summed E-state index contributed by atoms with van der Waals surface area (Å²) in [5.41, 5.74) is 6.08. The third-order valence-electron chi connectivity index (χ3n) is 3.68. The van der Waals surface area contributed by atoms with Crippen LogP contribution in [-0.4, -0.2) is 7.05 Å². The van der Waals surface area contributed by atoms with Crippen molar-refractivity contribution in [1.82, 2.24) is 5.32 Å². The quantitative estimate of drug-likeness (QED) is 0.786. The SMILES string of the molecule is CNC(c1ccc(C)c(Cl)c1)c1cc(C)c(Br)cc1C. The van der Waals surface area contributed by atoms with Gasteiger partial charge in [0.2, 0.25) is 0 Å². The van der Waals surface area contributed by atoms with Crippen LogP contribution >= 0.6 is 27.5 Å². The molecule has 0 radical (unpaired) electrons. The number of benzene rings is 2. The van der Waals surface area contributed by atoms with Gasteiger partial charge in [-0.15, -0.1) is 0 Å². The summed E-state index contributed by atoms with van der Waals surface area (Å²) in [5.74, 6) is 0. The summed E-state index contributed by atoms with van der Waals surface area (Å²) in [6.45, 7) is 6.27. The Hall–Kier alpha value is -0.830. The maximum Gasteiger partial charge on any atom is 0.0577 e. The van der Waals surface area contributed by atoms with Gasteiger partial charge >= 0.3 is 0 Å². The van der Waals surface area contributed by atoms with Gasteiger partial charge < -0.3 is 5.32 Å². The van der Waals surface area contributed by atoms with Gasteiger partial charge in [-0.05, 0) is 67.8 Å². The number of hydrogen-bond donors (Lipinski definition) is 1. The first-order valence-corrected chi connectivity index (χ1v) is 7.81. The molecule has 0 bridgehead atoms. The molecule has 2 rings (SSSR count). The molecule has 106 valence electrons. The van der Waals surface area contributed by atoms with Gasteiger partial charge in [0.25, 0.3) is 0 Å². The topological polar surface area (TPSA) is 12.0 Å². The van der Waals surface area contributed by atoms with E-state index in [4.69, 9.17) is 11.6 Å². The Morgan fingerprint density at radius 3 is 2.30 bits per heavy atom. The van der Waals surface area contributed by atoms with Crippen LogP contribution in [0.4, 0.5) is 0 Å². The molecule has 0 saturated carbocycles. The van der Waals surface area contributed by atoms with Gasteiger partial charge in [-0.3, -0.25) is 0 Å². The van der Waals surface area contributed by atoms with E-state index < -0.39 is 0 Å². The van der Waals surface area contributed by atoms with Crippen molar-refractivity contribution in [2.45, 2.75) is 26.8 Å². The Morgan fingerprint density at radius 1 is 1.00 bits per heavy atom. The molecule has 2 aromatic carbocycles. The van der Waals surface area contributed by atoms with Crippen molar-refractivity contribution in [1.29, 1.82) is 0 Å². The minimum absolute atomic E-state index is 0.153. The second-order valence-electron chi connectivity index (χ2n) is 5.19. The molecule has 0 fully saturated rings. The van der Waals surface area contributed by atoms with Crippen LogP contribution in [0.5, 0.6) is 0 Å². The first-order valence-electron chi connectivity index (χ1n) is 6.64. The van der Waals surface area contributed by atoms with E-state index in [1.165, 1.54) is 22.3 Å². The van der Waals surface area contributed by atoms with E-state index in [0.717, 1.165) is 15.1 Å². The van der Waals surface area contributed by atoms with E-state index >= 15 is 0 Å². The molecular formula is C17H19BrClN. The van der Waals surface area contributed by atoms with E-state index in [1.807, 2.05) is 14.0 Å². The molecule has 0 saturated heterocycles. The second kappa shape index (κ2) is 6.30. The number of hydrogen-bond acceptors (Lipinski definition) is 1. The summed E-state index contributed by atoms with van der Waals surface area (Å²) in [5, 5.41) is 4.21. The highest BCUT2D eigenvalue weighted by Gasteiger charge is 2.16. The molecule has 0 aliphatic rings. The van der Waals surface area contributed by atoms with Gasteiger partial charge in [0.15, 0.2) is 0 Å². The van der Waals surface area contributed by atoms with Crippen molar-refractivity contribution in [2.75, 3.05) is 7.05 Å². The zero-order valence-electron chi connectivity index (χ0n) is 12.2. The summed E-state index contributed by atoms with van der Waals surface area (Å²) in [7, 11) is 1.98. The second-order valence-corrected chi connectivity index (χ2v) is 6.45. The molecule has 3 heteroatoms. The van der Waals surface area contributed by atoms with Crippen LogP contribution in [0.3, 0.4) is 0 Å². The van der Waals surface area contributed by atoms with Crippen molar-refractivity contribution in [2.24, 2.45) is 0 Å². The van der Waals surface area contributed by atoms with E-state index in [2.05, 4.69) is 65.4 Å². The first-order chi connectivity index (χ1) is 9.43. The van der Waals surface area contributed by atoms with Crippen LogP contribution in [0.15, 0.2) is 34.8 Å². The summed E-state index contributed by atoms with van der Waals surface area (Å²) in [6.07, 6.45) is 0. The first kappa shape index (κ1) is 15.6. The summed E-state index contributed by atoms with van der Waals surface area (Å²) < 4.78 is 1.15. The highest BCUT2D eigenvalue weighted by molar-refractivity contribution is 9.10. The zero-order valence-corrected chi connectivity index (χ0v) is 14.6. The normalized spacial score (nSPS) is 12.5. The molecule has 0 heterocycles. The average Bonchev–Trinajstić information content (AvgIpc) is 2.40. The van der Waals surface area contributed by atoms with Gasteiger partial charge in [0, 0.05) is 9.50 Å². The third kappa shape index (κ3) is 3.08. The standard InChI is InChI=1S/C17H19BrClN/c1-10-5-6-13(9-16(10)19)17(20-4)14-7-12(3)15(18)8-11(14)2/h5-9,17,20H,1-4H3. The molecule has 0 aliphatic carbocycles. The van der Waals surface area contributed by atoms with Crippen LogP contribution in [0.1, 0.15) is 33.9 Å². The van der Waals surface area contributed by atoms with Crippen LogP contribution in [0.2, 0.25) is 5.02 Å². The van der Waals surface area contributed by atoms with E-state index in [0.29, 0.717) is 0 Å². The number of halogens is 2. The van der Waals surface area contributed by atoms with Crippen molar-refractivity contribution < 1.29 is 0 Å². The monoisotopic (exact) mass is 351 g/mol. The summed E-state index contributed by atoms with van der Waals surface area (Å²) >= 11 is 9.85. The minimum atomic E-state index is 0.153. The van der Waals surface area contributed by atoms with Gasteiger partial charge in [-0.2, -0.15) is 0 Å². The molecule has 0 aliphatic heterocycles.